The fourth-order valence-electron chi connectivity index (χ4n) is 2.11. The second kappa shape index (κ2) is 11.5. The van der Waals surface area contributed by atoms with E-state index in [1.807, 2.05) is 83.1 Å². The highest BCUT2D eigenvalue weighted by molar-refractivity contribution is 5.39. The van der Waals surface area contributed by atoms with Crippen LogP contribution in [0.1, 0.15) is 56.1 Å². The van der Waals surface area contributed by atoms with Gasteiger partial charge in [0.15, 0.2) is 0 Å². The van der Waals surface area contributed by atoms with Gasteiger partial charge in [-0.25, -0.2) is 0 Å². The molecule has 1 unspecified atom stereocenters. The first-order chi connectivity index (χ1) is 10.7. The van der Waals surface area contributed by atoms with Gasteiger partial charge in [-0.05, 0) is 29.2 Å². The summed E-state index contributed by atoms with van der Waals surface area (Å²) < 4.78 is 0. The Balaban J connectivity index is 0.00000102. The van der Waals surface area contributed by atoms with E-state index in [0.717, 1.165) is 22.3 Å². The van der Waals surface area contributed by atoms with Gasteiger partial charge >= 0.3 is 0 Å². The second-order valence-corrected chi connectivity index (χ2v) is 4.29. The van der Waals surface area contributed by atoms with Gasteiger partial charge in [-0.15, -0.1) is 0 Å². The zero-order valence-corrected chi connectivity index (χ0v) is 14.3. The number of aliphatic hydroxyl groups is 1. The summed E-state index contributed by atoms with van der Waals surface area (Å²) in [5, 5.41) is 19.3. The fraction of sp³-hybridized carbons (Fsp3) is 0.350. The van der Waals surface area contributed by atoms with E-state index in [0.29, 0.717) is 6.42 Å². The Hall–Kier alpha value is -2.11. The molecule has 118 valence electrons. The fourth-order valence-corrected chi connectivity index (χ4v) is 2.11. The zero-order chi connectivity index (χ0) is 17.0. The van der Waals surface area contributed by atoms with Gasteiger partial charge in [-0.1, -0.05) is 76.2 Å². The van der Waals surface area contributed by atoms with Crippen LogP contribution in [0, 0.1) is 18.3 Å². The summed E-state index contributed by atoms with van der Waals surface area (Å²) in [6.45, 7) is 9.98. The number of aryl methyl sites for hydroxylation is 1. The molecule has 22 heavy (non-hydrogen) atoms. The molecule has 0 spiro atoms. The van der Waals surface area contributed by atoms with E-state index in [1.54, 1.807) is 0 Å². The Morgan fingerprint density at radius 3 is 1.95 bits per heavy atom. The highest BCUT2D eigenvalue weighted by atomic mass is 16.3. The number of hydrogen-bond donors (Lipinski definition) is 1. The Bertz CT molecular complexity index is 584. The molecule has 0 aromatic heterocycles. The van der Waals surface area contributed by atoms with Gasteiger partial charge in [0.05, 0.1) is 12.5 Å². The van der Waals surface area contributed by atoms with Gasteiger partial charge in [-0.3, -0.25) is 0 Å². The van der Waals surface area contributed by atoms with E-state index in [4.69, 9.17) is 5.26 Å². The zero-order valence-electron chi connectivity index (χ0n) is 14.3. The van der Waals surface area contributed by atoms with Gasteiger partial charge in [0, 0.05) is 0 Å². The first-order valence-electron chi connectivity index (χ1n) is 7.92. The molecular weight excluding hydrogens is 270 g/mol. The van der Waals surface area contributed by atoms with Crippen molar-refractivity contribution in [2.45, 2.75) is 47.1 Å². The van der Waals surface area contributed by atoms with Gasteiger partial charge < -0.3 is 5.11 Å². The number of hydrogen-bond acceptors (Lipinski definition) is 2. The lowest BCUT2D eigenvalue weighted by Gasteiger charge is -2.16. The molecule has 0 saturated heterocycles. The minimum absolute atomic E-state index is 0.319. The Kier molecular flexibility index (Phi) is 10.4. The molecule has 2 aromatic rings. The van der Waals surface area contributed by atoms with Gasteiger partial charge in [0.25, 0.3) is 0 Å². The number of rotatable bonds is 3. The smallest absolute Gasteiger partial charge is 0.105 e. The topological polar surface area (TPSA) is 44.0 Å². The minimum atomic E-state index is -0.671. The largest absolute Gasteiger partial charge is 0.384 e. The Morgan fingerprint density at radius 1 is 0.909 bits per heavy atom. The lowest BCUT2D eigenvalue weighted by molar-refractivity contribution is 0.218. The van der Waals surface area contributed by atoms with Crippen molar-refractivity contribution in [1.82, 2.24) is 0 Å². The van der Waals surface area contributed by atoms with Crippen molar-refractivity contribution in [3.63, 3.8) is 0 Å². The predicted octanol–water partition coefficient (Wildman–Crippen LogP) is 5.20. The average Bonchev–Trinajstić information content (AvgIpc) is 2.59. The van der Waals surface area contributed by atoms with Crippen LogP contribution in [-0.2, 0) is 6.42 Å². The van der Waals surface area contributed by atoms with Crippen LogP contribution in [0.4, 0.5) is 0 Å². The summed E-state index contributed by atoms with van der Waals surface area (Å²) in [7, 11) is 0. The van der Waals surface area contributed by atoms with Crippen LogP contribution in [0.25, 0.3) is 0 Å². The molecule has 0 radical (unpaired) electrons. The van der Waals surface area contributed by atoms with Crippen LogP contribution >= 0.6 is 0 Å². The van der Waals surface area contributed by atoms with E-state index in [-0.39, 0.29) is 0 Å². The van der Waals surface area contributed by atoms with Gasteiger partial charge in [-0.2, -0.15) is 5.26 Å². The quantitative estimate of drug-likeness (QED) is 0.846. The van der Waals surface area contributed by atoms with Crippen LogP contribution < -0.4 is 0 Å². The number of benzene rings is 2. The number of nitriles is 1. The first-order valence-corrected chi connectivity index (χ1v) is 7.92. The third kappa shape index (κ3) is 5.35. The molecule has 1 atom stereocenters. The summed E-state index contributed by atoms with van der Waals surface area (Å²) in [6, 6.07) is 17.4. The van der Waals surface area contributed by atoms with Crippen molar-refractivity contribution >= 4 is 0 Å². The molecule has 0 amide bonds. The third-order valence-electron chi connectivity index (χ3n) is 3.10. The molecular formula is C20H27NO. The average molecular weight is 297 g/mol. The van der Waals surface area contributed by atoms with E-state index < -0.39 is 6.10 Å². The molecule has 2 nitrogen and oxygen atoms in total. The highest BCUT2D eigenvalue weighted by Gasteiger charge is 2.15. The van der Waals surface area contributed by atoms with Crippen LogP contribution in [0.3, 0.4) is 0 Å². The molecule has 2 aromatic carbocycles. The second-order valence-electron chi connectivity index (χ2n) is 4.29. The molecule has 2 rings (SSSR count). The van der Waals surface area contributed by atoms with Crippen LogP contribution in [0.15, 0.2) is 48.5 Å². The van der Waals surface area contributed by atoms with Crippen molar-refractivity contribution in [1.29, 1.82) is 5.26 Å². The number of aliphatic hydroxyl groups excluding tert-OH is 1. The monoisotopic (exact) mass is 297 g/mol. The van der Waals surface area contributed by atoms with E-state index in [2.05, 4.69) is 6.07 Å². The maximum Gasteiger partial charge on any atom is 0.105 e. The van der Waals surface area contributed by atoms with Crippen molar-refractivity contribution in [2.75, 3.05) is 0 Å². The Labute approximate surface area is 135 Å². The summed E-state index contributed by atoms with van der Waals surface area (Å²) >= 11 is 0. The number of nitrogens with zero attached hydrogens (tertiary/aromatic N) is 1. The summed E-state index contributed by atoms with van der Waals surface area (Å²) in [6.07, 6.45) is -0.352. The Morgan fingerprint density at radius 2 is 1.41 bits per heavy atom. The summed E-state index contributed by atoms with van der Waals surface area (Å²) in [4.78, 5) is 0. The van der Waals surface area contributed by atoms with Gasteiger partial charge in [0.2, 0.25) is 0 Å². The maximum atomic E-state index is 10.5. The van der Waals surface area contributed by atoms with Crippen molar-refractivity contribution in [3.05, 3.63) is 70.8 Å². The normalized spacial score (nSPS) is 10.2. The van der Waals surface area contributed by atoms with Crippen LogP contribution in [-0.4, -0.2) is 5.11 Å². The SMILES string of the molecule is CC.CC.Cc1ccccc1C(O)c1ccccc1CC#N. The summed E-state index contributed by atoms with van der Waals surface area (Å²) in [5.74, 6) is 0. The lowest BCUT2D eigenvalue weighted by Crippen LogP contribution is -2.05. The molecule has 0 aliphatic carbocycles. The molecule has 0 heterocycles. The third-order valence-corrected chi connectivity index (χ3v) is 3.10. The molecule has 0 saturated carbocycles. The summed E-state index contributed by atoms with van der Waals surface area (Å²) in [5.41, 5.74) is 3.64. The molecule has 0 aliphatic heterocycles. The predicted molar refractivity (Wildman–Crippen MR) is 93.7 cm³/mol. The van der Waals surface area contributed by atoms with Crippen LogP contribution in [0.2, 0.25) is 0 Å². The lowest BCUT2D eigenvalue weighted by atomic mass is 9.93. The van der Waals surface area contributed by atoms with Gasteiger partial charge in [0.1, 0.15) is 6.10 Å². The molecule has 0 fully saturated rings. The minimum Gasteiger partial charge on any atom is -0.384 e. The first kappa shape index (κ1) is 19.9. The van der Waals surface area contributed by atoms with Crippen molar-refractivity contribution in [3.8, 4) is 6.07 Å². The molecule has 2 heteroatoms. The molecule has 1 N–H and O–H groups in total. The van der Waals surface area contributed by atoms with E-state index in [9.17, 15) is 5.11 Å². The molecule has 0 aliphatic rings. The molecule has 0 bridgehead atoms. The van der Waals surface area contributed by atoms with Crippen molar-refractivity contribution < 1.29 is 5.11 Å². The maximum absolute atomic E-state index is 10.5. The highest BCUT2D eigenvalue weighted by Crippen LogP contribution is 2.27. The van der Waals surface area contributed by atoms with E-state index >= 15 is 0 Å². The van der Waals surface area contributed by atoms with Crippen molar-refractivity contribution in [2.24, 2.45) is 0 Å². The standard InChI is InChI=1S/C16H15NO.2C2H6/c1-12-6-2-4-8-14(12)16(18)15-9-5-3-7-13(15)10-11-17;2*1-2/h2-9,16,18H,10H2,1H3;2*1-2H3. The van der Waals surface area contributed by atoms with E-state index in [1.165, 1.54) is 0 Å². The van der Waals surface area contributed by atoms with Crippen LogP contribution in [0.5, 0.6) is 0 Å².